The molecular formula is C13H11F3N4O3. The fourth-order valence-electron chi connectivity index (χ4n) is 1.69. The Balaban J connectivity index is 2.00. The van der Waals surface area contributed by atoms with Gasteiger partial charge in [0, 0.05) is 6.92 Å². The maximum absolute atomic E-state index is 12.4. The molecule has 2 N–H and O–H groups in total. The molecule has 0 aliphatic carbocycles. The Morgan fingerprint density at radius 3 is 2.17 bits per heavy atom. The van der Waals surface area contributed by atoms with Gasteiger partial charge in [-0.05, 0) is 28.0 Å². The molecule has 1 heterocycles. The van der Waals surface area contributed by atoms with E-state index in [0.717, 1.165) is 12.1 Å². The van der Waals surface area contributed by atoms with Gasteiger partial charge in [-0.2, -0.15) is 13.2 Å². The van der Waals surface area contributed by atoms with E-state index in [2.05, 4.69) is 25.6 Å². The van der Waals surface area contributed by atoms with Gasteiger partial charge in [-0.3, -0.25) is 9.59 Å². The lowest BCUT2D eigenvalue weighted by molar-refractivity contribution is -0.137. The zero-order valence-corrected chi connectivity index (χ0v) is 11.8. The quantitative estimate of drug-likeness (QED) is 0.897. The number of anilines is 2. The number of rotatable bonds is 4. The molecular weight excluding hydrogens is 317 g/mol. The van der Waals surface area contributed by atoms with Crippen LogP contribution < -0.4 is 10.6 Å². The van der Waals surface area contributed by atoms with Crippen LogP contribution in [0.2, 0.25) is 0 Å². The molecule has 0 radical (unpaired) electrons. The predicted octanol–water partition coefficient (Wildman–Crippen LogP) is 2.23. The smallest absolute Gasteiger partial charge is 0.305 e. The Labute approximate surface area is 127 Å². The van der Waals surface area contributed by atoms with E-state index in [4.69, 9.17) is 0 Å². The number of carbonyl (C=O) groups is 2. The van der Waals surface area contributed by atoms with Crippen molar-refractivity contribution in [2.45, 2.75) is 19.5 Å². The van der Waals surface area contributed by atoms with Gasteiger partial charge in [-0.1, -0.05) is 12.1 Å². The molecule has 0 aliphatic rings. The predicted molar refractivity (Wildman–Crippen MR) is 72.4 cm³/mol. The summed E-state index contributed by atoms with van der Waals surface area (Å²) < 4.78 is 41.7. The minimum atomic E-state index is -4.43. The number of hydrogen-bond donors (Lipinski definition) is 2. The molecule has 10 heteroatoms. The SMILES string of the molecule is CC(=O)Nc1nonc1NC(=O)Cc1ccc(C(F)(F)F)cc1. The van der Waals surface area contributed by atoms with Crippen LogP contribution in [0.3, 0.4) is 0 Å². The number of carbonyl (C=O) groups excluding carboxylic acids is 2. The van der Waals surface area contributed by atoms with Gasteiger partial charge in [0.05, 0.1) is 12.0 Å². The van der Waals surface area contributed by atoms with Crippen LogP contribution in [0.1, 0.15) is 18.1 Å². The lowest BCUT2D eigenvalue weighted by Crippen LogP contribution is -2.17. The van der Waals surface area contributed by atoms with Gasteiger partial charge >= 0.3 is 6.18 Å². The van der Waals surface area contributed by atoms with Gasteiger partial charge in [0.15, 0.2) is 0 Å². The number of amides is 2. The largest absolute Gasteiger partial charge is 0.416 e. The second-order valence-electron chi connectivity index (χ2n) is 4.56. The minimum Gasteiger partial charge on any atom is -0.305 e. The highest BCUT2D eigenvalue weighted by Gasteiger charge is 2.30. The average molecular weight is 328 g/mol. The molecule has 122 valence electrons. The van der Waals surface area contributed by atoms with Gasteiger partial charge in [0.25, 0.3) is 0 Å². The molecule has 1 aromatic carbocycles. The first kappa shape index (κ1) is 16.5. The van der Waals surface area contributed by atoms with Crippen molar-refractivity contribution in [3.05, 3.63) is 35.4 Å². The fourth-order valence-corrected chi connectivity index (χ4v) is 1.69. The fraction of sp³-hybridized carbons (Fsp3) is 0.231. The van der Waals surface area contributed by atoms with Crippen LogP contribution in [-0.2, 0) is 22.2 Å². The Morgan fingerprint density at radius 2 is 1.65 bits per heavy atom. The zero-order valence-electron chi connectivity index (χ0n) is 11.8. The molecule has 0 saturated carbocycles. The number of benzene rings is 1. The third kappa shape index (κ3) is 4.53. The van der Waals surface area contributed by atoms with E-state index < -0.39 is 23.6 Å². The van der Waals surface area contributed by atoms with Gasteiger partial charge in [0.1, 0.15) is 0 Å². The number of hydrogen-bond acceptors (Lipinski definition) is 5. The second-order valence-corrected chi connectivity index (χ2v) is 4.56. The highest BCUT2D eigenvalue weighted by Crippen LogP contribution is 2.29. The van der Waals surface area contributed by atoms with E-state index in [9.17, 15) is 22.8 Å². The van der Waals surface area contributed by atoms with E-state index in [0.29, 0.717) is 5.56 Å². The lowest BCUT2D eigenvalue weighted by atomic mass is 10.1. The molecule has 23 heavy (non-hydrogen) atoms. The highest BCUT2D eigenvalue weighted by atomic mass is 19.4. The van der Waals surface area contributed by atoms with Crippen LogP contribution in [0.5, 0.6) is 0 Å². The minimum absolute atomic E-state index is 0.0572. The molecule has 0 spiro atoms. The number of nitrogens with one attached hydrogen (secondary N) is 2. The van der Waals surface area contributed by atoms with Gasteiger partial charge in [-0.25, -0.2) is 4.63 Å². The van der Waals surface area contributed by atoms with Crippen molar-refractivity contribution in [2.75, 3.05) is 10.6 Å². The summed E-state index contributed by atoms with van der Waals surface area (Å²) in [4.78, 5) is 22.8. The first-order chi connectivity index (χ1) is 10.8. The lowest BCUT2D eigenvalue weighted by Gasteiger charge is -2.07. The Bertz CT molecular complexity index is 710. The standard InChI is InChI=1S/C13H11F3N4O3/c1-7(21)17-11-12(20-23-19-11)18-10(22)6-8-2-4-9(5-3-8)13(14,15)16/h2-5H,6H2,1H3,(H,17,19,21)(H,18,20,22). The summed E-state index contributed by atoms with van der Waals surface area (Å²) >= 11 is 0. The monoisotopic (exact) mass is 328 g/mol. The Kier molecular flexibility index (Phi) is 4.63. The number of nitrogens with zero attached hydrogens (tertiary/aromatic N) is 2. The maximum Gasteiger partial charge on any atom is 0.416 e. The van der Waals surface area contributed by atoms with E-state index in [-0.39, 0.29) is 18.1 Å². The summed E-state index contributed by atoms with van der Waals surface area (Å²) in [5.41, 5.74) is -0.414. The van der Waals surface area contributed by atoms with Crippen molar-refractivity contribution in [1.29, 1.82) is 0 Å². The van der Waals surface area contributed by atoms with Crippen molar-refractivity contribution >= 4 is 23.5 Å². The van der Waals surface area contributed by atoms with Gasteiger partial charge < -0.3 is 10.6 Å². The van der Waals surface area contributed by atoms with Gasteiger partial charge in [-0.15, -0.1) is 0 Å². The van der Waals surface area contributed by atoms with E-state index in [1.165, 1.54) is 19.1 Å². The van der Waals surface area contributed by atoms with Crippen LogP contribution in [-0.4, -0.2) is 22.1 Å². The van der Waals surface area contributed by atoms with Crippen LogP contribution in [0.25, 0.3) is 0 Å². The Hall–Kier alpha value is -2.91. The average Bonchev–Trinajstić information content (AvgIpc) is 2.84. The third-order valence-corrected chi connectivity index (χ3v) is 2.69. The number of halogens is 3. The molecule has 1 aromatic heterocycles. The second kappa shape index (κ2) is 6.46. The summed E-state index contributed by atoms with van der Waals surface area (Å²) in [5, 5.41) is 11.5. The zero-order chi connectivity index (χ0) is 17.0. The normalized spacial score (nSPS) is 11.1. The topological polar surface area (TPSA) is 97.1 Å². The molecule has 0 saturated heterocycles. The van der Waals surface area contributed by atoms with Crippen molar-refractivity contribution in [3.8, 4) is 0 Å². The third-order valence-electron chi connectivity index (χ3n) is 2.69. The van der Waals surface area contributed by atoms with Crippen molar-refractivity contribution in [1.82, 2.24) is 10.3 Å². The number of alkyl halides is 3. The molecule has 0 aliphatic heterocycles. The summed E-state index contributed by atoms with van der Waals surface area (Å²) in [6.07, 6.45) is -4.61. The molecule has 2 amide bonds. The summed E-state index contributed by atoms with van der Waals surface area (Å²) in [6.45, 7) is 1.24. The van der Waals surface area contributed by atoms with Crippen LogP contribution in [0.4, 0.5) is 24.8 Å². The maximum atomic E-state index is 12.4. The van der Waals surface area contributed by atoms with E-state index in [1.54, 1.807) is 0 Å². The highest BCUT2D eigenvalue weighted by molar-refractivity contribution is 5.96. The molecule has 0 unspecified atom stereocenters. The van der Waals surface area contributed by atoms with Crippen molar-refractivity contribution < 1.29 is 27.4 Å². The van der Waals surface area contributed by atoms with Crippen LogP contribution in [0, 0.1) is 0 Å². The molecule has 2 aromatic rings. The van der Waals surface area contributed by atoms with Crippen LogP contribution >= 0.6 is 0 Å². The molecule has 2 rings (SSSR count). The molecule has 7 nitrogen and oxygen atoms in total. The summed E-state index contributed by atoms with van der Waals surface area (Å²) in [5.74, 6) is -1.12. The van der Waals surface area contributed by atoms with Crippen molar-refractivity contribution in [2.24, 2.45) is 0 Å². The van der Waals surface area contributed by atoms with Crippen molar-refractivity contribution in [3.63, 3.8) is 0 Å². The first-order valence-corrected chi connectivity index (χ1v) is 6.32. The number of aromatic nitrogens is 2. The van der Waals surface area contributed by atoms with Crippen LogP contribution in [0.15, 0.2) is 28.9 Å². The summed E-state index contributed by atoms with van der Waals surface area (Å²) in [6, 6.07) is 4.20. The van der Waals surface area contributed by atoms with E-state index >= 15 is 0 Å². The first-order valence-electron chi connectivity index (χ1n) is 6.32. The summed E-state index contributed by atoms with van der Waals surface area (Å²) in [7, 11) is 0. The van der Waals surface area contributed by atoms with E-state index in [1.807, 2.05) is 0 Å². The Morgan fingerprint density at radius 1 is 1.09 bits per heavy atom. The molecule has 0 bridgehead atoms. The molecule has 0 atom stereocenters. The van der Waals surface area contributed by atoms with Gasteiger partial charge in [0.2, 0.25) is 23.5 Å². The molecule has 0 fully saturated rings.